The zero-order chi connectivity index (χ0) is 14.8. The molecule has 0 fully saturated rings. The van der Waals surface area contributed by atoms with Gasteiger partial charge in [-0.05, 0) is 56.4 Å². The highest BCUT2D eigenvalue weighted by Crippen LogP contribution is 2.34. The van der Waals surface area contributed by atoms with Crippen LogP contribution in [0.3, 0.4) is 0 Å². The molecular weight excluding hydrogens is 244 g/mol. The standard InChI is InChI=1S/C19H32O/c1-4-7-9-10-12-16-14-17(11-6-3)18(13-8-5-2)19(20)15-16/h7,9,16H,4-6,8,10-15H2,1-3H3/b9-7-/t16-/m0/s1. The first-order valence-corrected chi connectivity index (χ1v) is 8.61. The molecule has 0 saturated carbocycles. The van der Waals surface area contributed by atoms with Gasteiger partial charge in [0.2, 0.25) is 0 Å². The molecule has 0 bridgehead atoms. The summed E-state index contributed by atoms with van der Waals surface area (Å²) in [5.74, 6) is 1.05. The van der Waals surface area contributed by atoms with Crippen molar-refractivity contribution in [3.05, 3.63) is 23.3 Å². The fourth-order valence-corrected chi connectivity index (χ4v) is 3.17. The number of carbonyl (C=O) groups excluding carboxylic acids is 1. The molecule has 0 unspecified atom stereocenters. The molecule has 0 radical (unpaired) electrons. The van der Waals surface area contributed by atoms with E-state index in [1.165, 1.54) is 36.8 Å². The molecule has 1 heteroatoms. The van der Waals surface area contributed by atoms with Crippen LogP contribution in [-0.4, -0.2) is 5.78 Å². The Kier molecular flexibility index (Phi) is 8.57. The van der Waals surface area contributed by atoms with Gasteiger partial charge in [0.15, 0.2) is 5.78 Å². The van der Waals surface area contributed by atoms with Crippen molar-refractivity contribution in [2.24, 2.45) is 5.92 Å². The van der Waals surface area contributed by atoms with Crippen molar-refractivity contribution in [2.45, 2.75) is 85.0 Å². The molecule has 0 saturated heterocycles. The van der Waals surface area contributed by atoms with Crippen LogP contribution < -0.4 is 0 Å². The molecule has 20 heavy (non-hydrogen) atoms. The summed E-state index contributed by atoms with van der Waals surface area (Å²) in [5, 5.41) is 0. The minimum absolute atomic E-state index is 0.456. The van der Waals surface area contributed by atoms with Crippen LogP contribution in [0.15, 0.2) is 23.3 Å². The van der Waals surface area contributed by atoms with Crippen LogP contribution in [0.5, 0.6) is 0 Å². The van der Waals surface area contributed by atoms with E-state index < -0.39 is 0 Å². The maximum absolute atomic E-state index is 12.4. The fourth-order valence-electron chi connectivity index (χ4n) is 3.17. The molecule has 0 aromatic heterocycles. The number of unbranched alkanes of at least 4 members (excludes halogenated alkanes) is 1. The highest BCUT2D eigenvalue weighted by molar-refractivity contribution is 5.97. The molecular formula is C19H32O. The molecule has 1 aliphatic rings. The molecule has 0 aromatic rings. The Labute approximate surface area is 125 Å². The SMILES string of the molecule is CC/C=C\CC[C@@H]1CC(=O)C(CCCC)=C(CCC)C1. The second-order valence-electron chi connectivity index (χ2n) is 6.09. The fraction of sp³-hybridized carbons (Fsp3) is 0.737. The maximum atomic E-state index is 12.4. The number of carbonyl (C=O) groups is 1. The van der Waals surface area contributed by atoms with Crippen LogP contribution >= 0.6 is 0 Å². The Bertz CT molecular complexity index is 349. The predicted molar refractivity (Wildman–Crippen MR) is 87.9 cm³/mol. The van der Waals surface area contributed by atoms with Crippen LogP contribution in [0, 0.1) is 5.92 Å². The Morgan fingerprint density at radius 3 is 2.50 bits per heavy atom. The quantitative estimate of drug-likeness (QED) is 0.472. The summed E-state index contributed by atoms with van der Waals surface area (Å²) in [6.07, 6.45) is 15.6. The van der Waals surface area contributed by atoms with Crippen LogP contribution in [0.4, 0.5) is 0 Å². The van der Waals surface area contributed by atoms with Gasteiger partial charge in [0, 0.05) is 6.42 Å². The largest absolute Gasteiger partial charge is 0.295 e. The van der Waals surface area contributed by atoms with E-state index in [9.17, 15) is 4.79 Å². The third-order valence-electron chi connectivity index (χ3n) is 4.25. The van der Waals surface area contributed by atoms with E-state index in [0.29, 0.717) is 11.7 Å². The van der Waals surface area contributed by atoms with Gasteiger partial charge in [-0.1, -0.05) is 51.3 Å². The van der Waals surface area contributed by atoms with E-state index in [2.05, 4.69) is 32.9 Å². The van der Waals surface area contributed by atoms with Crippen molar-refractivity contribution in [1.29, 1.82) is 0 Å². The molecule has 0 heterocycles. The number of hydrogen-bond donors (Lipinski definition) is 0. The normalized spacial score (nSPS) is 20.1. The third-order valence-corrected chi connectivity index (χ3v) is 4.25. The Morgan fingerprint density at radius 1 is 1.05 bits per heavy atom. The Hall–Kier alpha value is -0.850. The van der Waals surface area contributed by atoms with E-state index in [0.717, 1.165) is 38.5 Å². The highest BCUT2D eigenvalue weighted by atomic mass is 16.1. The summed E-state index contributed by atoms with van der Waals surface area (Å²) in [7, 11) is 0. The van der Waals surface area contributed by atoms with Crippen LogP contribution in [0.1, 0.15) is 85.0 Å². The van der Waals surface area contributed by atoms with Gasteiger partial charge in [-0.25, -0.2) is 0 Å². The Balaban J connectivity index is 2.63. The number of rotatable bonds is 9. The molecule has 0 N–H and O–H groups in total. The summed E-state index contributed by atoms with van der Waals surface area (Å²) in [6.45, 7) is 6.60. The van der Waals surface area contributed by atoms with Crippen molar-refractivity contribution in [3.8, 4) is 0 Å². The lowest BCUT2D eigenvalue weighted by atomic mass is 9.78. The average molecular weight is 276 g/mol. The number of hydrogen-bond acceptors (Lipinski definition) is 1. The molecule has 1 aliphatic carbocycles. The summed E-state index contributed by atoms with van der Waals surface area (Å²) in [5.41, 5.74) is 2.69. The molecule has 1 nitrogen and oxygen atoms in total. The molecule has 1 atom stereocenters. The number of allylic oxidation sites excluding steroid dienone is 4. The van der Waals surface area contributed by atoms with Gasteiger partial charge in [0.05, 0.1) is 0 Å². The first-order valence-electron chi connectivity index (χ1n) is 8.61. The van der Waals surface area contributed by atoms with Crippen LogP contribution in [0.2, 0.25) is 0 Å². The van der Waals surface area contributed by atoms with Crippen molar-refractivity contribution in [2.75, 3.05) is 0 Å². The van der Waals surface area contributed by atoms with E-state index >= 15 is 0 Å². The highest BCUT2D eigenvalue weighted by Gasteiger charge is 2.25. The third kappa shape index (κ3) is 5.64. The smallest absolute Gasteiger partial charge is 0.159 e. The van der Waals surface area contributed by atoms with E-state index in [4.69, 9.17) is 0 Å². The average Bonchev–Trinajstić information content (AvgIpc) is 2.43. The van der Waals surface area contributed by atoms with Gasteiger partial charge in [-0.15, -0.1) is 0 Å². The molecule has 1 rings (SSSR count). The van der Waals surface area contributed by atoms with Gasteiger partial charge in [0.1, 0.15) is 0 Å². The van der Waals surface area contributed by atoms with Crippen LogP contribution in [0.25, 0.3) is 0 Å². The summed E-state index contributed by atoms with van der Waals surface area (Å²) in [6, 6.07) is 0. The molecule has 0 aliphatic heterocycles. The minimum atomic E-state index is 0.456. The van der Waals surface area contributed by atoms with Gasteiger partial charge in [0.25, 0.3) is 0 Å². The Morgan fingerprint density at radius 2 is 1.85 bits per heavy atom. The van der Waals surface area contributed by atoms with Crippen molar-refractivity contribution in [3.63, 3.8) is 0 Å². The lowest BCUT2D eigenvalue weighted by molar-refractivity contribution is -0.117. The zero-order valence-corrected chi connectivity index (χ0v) is 13.7. The summed E-state index contributed by atoms with van der Waals surface area (Å²) >= 11 is 0. The second-order valence-corrected chi connectivity index (χ2v) is 6.09. The van der Waals surface area contributed by atoms with Gasteiger partial charge >= 0.3 is 0 Å². The van der Waals surface area contributed by atoms with E-state index in [1.807, 2.05) is 0 Å². The number of ketones is 1. The zero-order valence-electron chi connectivity index (χ0n) is 13.7. The van der Waals surface area contributed by atoms with E-state index in [1.54, 1.807) is 0 Å². The lowest BCUT2D eigenvalue weighted by Gasteiger charge is -2.26. The molecule has 0 amide bonds. The first-order chi connectivity index (χ1) is 9.72. The topological polar surface area (TPSA) is 17.1 Å². The monoisotopic (exact) mass is 276 g/mol. The predicted octanol–water partition coefficient (Wildman–Crippen LogP) is 6.00. The molecule has 0 spiro atoms. The van der Waals surface area contributed by atoms with Crippen molar-refractivity contribution >= 4 is 5.78 Å². The maximum Gasteiger partial charge on any atom is 0.159 e. The van der Waals surface area contributed by atoms with Gasteiger partial charge in [-0.3, -0.25) is 4.79 Å². The lowest BCUT2D eigenvalue weighted by Crippen LogP contribution is -2.19. The van der Waals surface area contributed by atoms with Crippen molar-refractivity contribution in [1.82, 2.24) is 0 Å². The summed E-state index contributed by atoms with van der Waals surface area (Å²) in [4.78, 5) is 12.4. The van der Waals surface area contributed by atoms with Gasteiger partial charge < -0.3 is 0 Å². The number of Topliss-reactive ketones (excluding diaryl/α,β-unsaturated/α-hetero) is 1. The molecule has 0 aromatic carbocycles. The van der Waals surface area contributed by atoms with E-state index in [-0.39, 0.29) is 0 Å². The summed E-state index contributed by atoms with van der Waals surface area (Å²) < 4.78 is 0. The second kappa shape index (κ2) is 9.96. The first kappa shape index (κ1) is 17.2. The minimum Gasteiger partial charge on any atom is -0.295 e. The van der Waals surface area contributed by atoms with Crippen molar-refractivity contribution < 1.29 is 4.79 Å². The molecule has 114 valence electrons. The van der Waals surface area contributed by atoms with Crippen LogP contribution in [-0.2, 0) is 4.79 Å². The van der Waals surface area contributed by atoms with Gasteiger partial charge in [-0.2, -0.15) is 0 Å².